The molecule has 0 aliphatic rings. The van der Waals surface area contributed by atoms with Crippen molar-refractivity contribution in [3.63, 3.8) is 0 Å². The molecule has 0 spiro atoms. The number of aldehydes is 1. The molecule has 0 bridgehead atoms. The van der Waals surface area contributed by atoms with Gasteiger partial charge in [0.2, 0.25) is 0 Å². The number of ether oxygens (including phenoxy) is 2. The summed E-state index contributed by atoms with van der Waals surface area (Å²) in [5.41, 5.74) is 4.94. The first-order chi connectivity index (χ1) is 19.0. The molecule has 0 atom stereocenters. The van der Waals surface area contributed by atoms with Gasteiger partial charge >= 0.3 is 0 Å². The lowest BCUT2D eigenvalue weighted by Crippen LogP contribution is -1.95. The summed E-state index contributed by atoms with van der Waals surface area (Å²) in [6.07, 6.45) is 5.37. The highest BCUT2D eigenvalue weighted by atomic mass is 19.1. The second kappa shape index (κ2) is 21.5. The van der Waals surface area contributed by atoms with E-state index in [2.05, 4.69) is 34.3 Å². The van der Waals surface area contributed by atoms with E-state index in [1.54, 1.807) is 26.0 Å². The molecule has 220 valence electrons. The van der Waals surface area contributed by atoms with Crippen LogP contribution in [0, 0.1) is 39.3 Å². The average Bonchev–Trinajstić information content (AvgIpc) is 2.88. The highest BCUT2D eigenvalue weighted by molar-refractivity contribution is 5.81. The minimum atomic E-state index is -0.416. The van der Waals surface area contributed by atoms with Crippen molar-refractivity contribution in [3.05, 3.63) is 106 Å². The number of carbonyl (C=O) groups is 1. The number of benzene rings is 3. The molecule has 0 amide bonds. The van der Waals surface area contributed by atoms with Gasteiger partial charge in [0.15, 0.2) is 6.29 Å². The van der Waals surface area contributed by atoms with Gasteiger partial charge in [-0.05, 0) is 100 Å². The first kappa shape index (κ1) is 36.7. The van der Waals surface area contributed by atoms with Gasteiger partial charge < -0.3 is 9.47 Å². The molecule has 40 heavy (non-hydrogen) atoms. The molecule has 0 saturated heterocycles. The standard InChI is InChI=1S/C15H13FO2.C8H9F.C6H14O.C6H12/c1-10-4-3-5-13(6-10)18-15-8-12(16)7-11(2)14(15)9-17;1-6-3-4-7(2)8(9)5-6;1-3-5-7-6-4-2;1-4-5-6(2)3/h3-9H,1-2H3;3-5H,1-2H3;3-6H2,1-2H3;2,4-5H2,1,3H3. The molecule has 0 aliphatic heterocycles. The second-order valence-electron chi connectivity index (χ2n) is 9.74. The van der Waals surface area contributed by atoms with Crippen LogP contribution in [0.4, 0.5) is 8.78 Å². The lowest BCUT2D eigenvalue weighted by Gasteiger charge is -2.10. The van der Waals surface area contributed by atoms with Gasteiger partial charge in [0, 0.05) is 19.3 Å². The second-order valence-corrected chi connectivity index (χ2v) is 9.74. The summed E-state index contributed by atoms with van der Waals surface area (Å²) < 4.78 is 36.6. The van der Waals surface area contributed by atoms with Crippen LogP contribution in [-0.2, 0) is 4.74 Å². The Hall–Kier alpha value is -3.31. The van der Waals surface area contributed by atoms with Gasteiger partial charge in [-0.3, -0.25) is 4.79 Å². The summed E-state index contributed by atoms with van der Waals surface area (Å²) in [6.45, 7) is 21.3. The van der Waals surface area contributed by atoms with E-state index in [9.17, 15) is 13.6 Å². The quantitative estimate of drug-likeness (QED) is 0.150. The molecule has 0 aliphatic carbocycles. The zero-order valence-corrected chi connectivity index (χ0v) is 25.7. The molecule has 3 rings (SSSR count). The van der Waals surface area contributed by atoms with Crippen LogP contribution >= 0.6 is 0 Å². The van der Waals surface area contributed by atoms with E-state index in [1.165, 1.54) is 36.6 Å². The number of hydrogen-bond acceptors (Lipinski definition) is 3. The van der Waals surface area contributed by atoms with Gasteiger partial charge in [0.05, 0.1) is 5.56 Å². The van der Waals surface area contributed by atoms with E-state index < -0.39 is 5.82 Å². The van der Waals surface area contributed by atoms with Crippen molar-refractivity contribution >= 4 is 6.29 Å². The molecule has 0 unspecified atom stereocenters. The monoisotopic (exact) mass is 554 g/mol. The average molecular weight is 555 g/mol. The van der Waals surface area contributed by atoms with Crippen molar-refractivity contribution in [2.75, 3.05) is 13.2 Å². The molecule has 3 nitrogen and oxygen atoms in total. The largest absolute Gasteiger partial charge is 0.456 e. The highest BCUT2D eigenvalue weighted by Crippen LogP contribution is 2.28. The molecular weight excluding hydrogens is 506 g/mol. The van der Waals surface area contributed by atoms with Gasteiger partial charge in [-0.1, -0.05) is 57.0 Å². The van der Waals surface area contributed by atoms with Crippen molar-refractivity contribution in [2.45, 2.75) is 81.1 Å². The predicted molar refractivity (Wildman–Crippen MR) is 165 cm³/mol. The maximum atomic E-state index is 13.3. The Balaban J connectivity index is 0.000000578. The van der Waals surface area contributed by atoms with E-state index in [1.807, 2.05) is 38.1 Å². The van der Waals surface area contributed by atoms with Crippen LogP contribution in [0.5, 0.6) is 11.5 Å². The Morgan fingerprint density at radius 1 is 0.825 bits per heavy atom. The number of allylic oxidation sites excluding steroid dienone is 1. The molecule has 0 saturated carbocycles. The Morgan fingerprint density at radius 2 is 1.45 bits per heavy atom. The SMILES string of the molecule is C=C(C)CCC.CCCOCCC.Cc1ccc(C)c(F)c1.Cc1cccc(Oc2cc(F)cc(C)c2C=O)c1. The number of halogens is 2. The summed E-state index contributed by atoms with van der Waals surface area (Å²) in [5, 5.41) is 0. The molecule has 0 heterocycles. The molecule has 5 heteroatoms. The van der Waals surface area contributed by atoms with Crippen LogP contribution in [0.1, 0.15) is 86.0 Å². The van der Waals surface area contributed by atoms with Crippen molar-refractivity contribution in [3.8, 4) is 11.5 Å². The summed E-state index contributed by atoms with van der Waals surface area (Å²) in [4.78, 5) is 11.0. The molecule has 0 aromatic heterocycles. The van der Waals surface area contributed by atoms with E-state index >= 15 is 0 Å². The number of aryl methyl sites for hydroxylation is 4. The van der Waals surface area contributed by atoms with Crippen LogP contribution in [0.15, 0.2) is 66.7 Å². The summed E-state index contributed by atoms with van der Waals surface area (Å²) in [5.74, 6) is 0.298. The molecule has 0 N–H and O–H groups in total. The zero-order valence-electron chi connectivity index (χ0n) is 25.7. The third kappa shape index (κ3) is 16.6. The fourth-order valence-corrected chi connectivity index (χ4v) is 3.28. The molecule has 3 aromatic carbocycles. The number of rotatable bonds is 9. The van der Waals surface area contributed by atoms with Gasteiger partial charge in [-0.25, -0.2) is 8.78 Å². The highest BCUT2D eigenvalue weighted by Gasteiger charge is 2.10. The third-order valence-corrected chi connectivity index (χ3v) is 5.35. The van der Waals surface area contributed by atoms with E-state index in [4.69, 9.17) is 9.47 Å². The van der Waals surface area contributed by atoms with E-state index in [0.29, 0.717) is 28.7 Å². The zero-order chi connectivity index (χ0) is 30.5. The smallest absolute Gasteiger partial charge is 0.154 e. The first-order valence-electron chi connectivity index (χ1n) is 13.9. The summed E-state index contributed by atoms with van der Waals surface area (Å²) in [6, 6.07) is 15.1. The fourth-order valence-electron chi connectivity index (χ4n) is 3.28. The topological polar surface area (TPSA) is 35.5 Å². The summed E-state index contributed by atoms with van der Waals surface area (Å²) in [7, 11) is 0. The van der Waals surface area contributed by atoms with Gasteiger partial charge in [-0.2, -0.15) is 0 Å². The Labute approximate surface area is 241 Å². The van der Waals surface area contributed by atoms with Crippen molar-refractivity contribution < 1.29 is 23.0 Å². The molecule has 0 radical (unpaired) electrons. The summed E-state index contributed by atoms with van der Waals surface area (Å²) >= 11 is 0. The maximum Gasteiger partial charge on any atom is 0.154 e. The van der Waals surface area contributed by atoms with Gasteiger partial charge in [0.25, 0.3) is 0 Å². The molecule has 0 fully saturated rings. The van der Waals surface area contributed by atoms with Gasteiger partial charge in [0.1, 0.15) is 23.1 Å². The maximum absolute atomic E-state index is 13.3. The van der Waals surface area contributed by atoms with Crippen LogP contribution < -0.4 is 4.74 Å². The van der Waals surface area contributed by atoms with E-state index in [-0.39, 0.29) is 11.6 Å². The van der Waals surface area contributed by atoms with Crippen LogP contribution in [0.3, 0.4) is 0 Å². The lowest BCUT2D eigenvalue weighted by atomic mass is 10.1. The Bertz CT molecular complexity index is 1150. The van der Waals surface area contributed by atoms with E-state index in [0.717, 1.165) is 37.2 Å². The van der Waals surface area contributed by atoms with Crippen LogP contribution in [0.2, 0.25) is 0 Å². The number of hydrogen-bond donors (Lipinski definition) is 0. The Kier molecular flexibility index (Phi) is 19.7. The normalized spacial score (nSPS) is 9.65. The molecule has 3 aromatic rings. The molecular formula is C35H48F2O3. The van der Waals surface area contributed by atoms with Crippen molar-refractivity contribution in [1.29, 1.82) is 0 Å². The fraction of sp³-hybridized carbons (Fsp3) is 0.400. The van der Waals surface area contributed by atoms with Crippen LogP contribution in [0.25, 0.3) is 0 Å². The van der Waals surface area contributed by atoms with Crippen molar-refractivity contribution in [2.24, 2.45) is 0 Å². The Morgan fingerprint density at radius 3 is 1.90 bits per heavy atom. The number of carbonyl (C=O) groups excluding carboxylic acids is 1. The third-order valence-electron chi connectivity index (χ3n) is 5.35. The minimum absolute atomic E-state index is 0.116. The van der Waals surface area contributed by atoms with Gasteiger partial charge in [-0.15, -0.1) is 6.58 Å². The lowest BCUT2D eigenvalue weighted by molar-refractivity contribution is 0.112. The van der Waals surface area contributed by atoms with Crippen LogP contribution in [-0.4, -0.2) is 19.5 Å². The first-order valence-corrected chi connectivity index (χ1v) is 13.9. The predicted octanol–water partition coefficient (Wildman–Crippen LogP) is 10.7. The van der Waals surface area contributed by atoms with Crippen molar-refractivity contribution in [1.82, 2.24) is 0 Å². The minimum Gasteiger partial charge on any atom is -0.456 e.